The molecule has 1 amide bonds. The molecule has 4 fully saturated rings. The third-order valence-electron chi connectivity index (χ3n) is 6.57. The predicted octanol–water partition coefficient (Wildman–Crippen LogP) is 2.48. The number of carbonyl (C=O) groups excluding carboxylic acids is 1. The summed E-state index contributed by atoms with van der Waals surface area (Å²) in [6.45, 7) is 4.63. The lowest BCUT2D eigenvalue weighted by Gasteiger charge is -2.44. The van der Waals surface area contributed by atoms with Gasteiger partial charge in [0.1, 0.15) is 5.69 Å². The second-order valence-electron chi connectivity index (χ2n) is 8.12. The average molecular weight is 405 g/mol. The Labute approximate surface area is 167 Å². The summed E-state index contributed by atoms with van der Waals surface area (Å²) in [7, 11) is 1.69. The maximum atomic E-state index is 15.2. The molecule has 28 heavy (non-hydrogen) atoms. The van der Waals surface area contributed by atoms with Crippen LogP contribution in [0.1, 0.15) is 29.8 Å². The van der Waals surface area contributed by atoms with Crippen molar-refractivity contribution >= 4 is 33.2 Å². The Kier molecular flexibility index (Phi) is 4.72. The molecule has 4 aliphatic rings. The lowest BCUT2D eigenvalue weighted by molar-refractivity contribution is 0.0619. The number of anilines is 1. The number of rotatable bonds is 4. The summed E-state index contributed by atoms with van der Waals surface area (Å²) in [5, 5.41) is 3.77. The highest BCUT2D eigenvalue weighted by Crippen LogP contribution is 2.34. The van der Waals surface area contributed by atoms with Crippen molar-refractivity contribution in [3.63, 3.8) is 0 Å². The summed E-state index contributed by atoms with van der Waals surface area (Å²) in [4.78, 5) is 17.3. The molecule has 0 saturated carbocycles. The van der Waals surface area contributed by atoms with Crippen molar-refractivity contribution in [2.45, 2.75) is 31.4 Å². The zero-order chi connectivity index (χ0) is 19.3. The van der Waals surface area contributed by atoms with Gasteiger partial charge in [-0.05, 0) is 61.9 Å². The monoisotopic (exact) mass is 404 g/mol. The van der Waals surface area contributed by atoms with E-state index in [1.54, 1.807) is 13.2 Å². The van der Waals surface area contributed by atoms with Gasteiger partial charge in [0.2, 0.25) is 0 Å². The van der Waals surface area contributed by atoms with Gasteiger partial charge in [-0.1, -0.05) is 0 Å². The van der Waals surface area contributed by atoms with Crippen LogP contribution in [-0.2, 0) is 4.74 Å². The topological polar surface area (TPSA) is 57.7 Å². The molecule has 4 aliphatic heterocycles. The summed E-state index contributed by atoms with van der Waals surface area (Å²) in [6.07, 6.45) is 3.31. The fourth-order valence-corrected chi connectivity index (χ4v) is 5.69. The summed E-state index contributed by atoms with van der Waals surface area (Å²) in [5.41, 5.74) is 0.915. The van der Waals surface area contributed by atoms with Gasteiger partial charge in [0.15, 0.2) is 5.82 Å². The largest absolute Gasteiger partial charge is 0.380 e. The van der Waals surface area contributed by atoms with Gasteiger partial charge >= 0.3 is 0 Å². The zero-order valence-electron chi connectivity index (χ0n) is 16.0. The van der Waals surface area contributed by atoms with Crippen LogP contribution in [0.25, 0.3) is 10.1 Å². The first-order valence-corrected chi connectivity index (χ1v) is 10.8. The minimum Gasteiger partial charge on any atom is -0.380 e. The number of methoxy groups -OCH3 is 1. The van der Waals surface area contributed by atoms with Gasteiger partial charge in [-0.15, -0.1) is 0 Å². The molecular weight excluding hydrogens is 379 g/mol. The molecule has 150 valence electrons. The Balaban J connectivity index is 1.37. The van der Waals surface area contributed by atoms with Crippen LogP contribution < -0.4 is 10.2 Å². The van der Waals surface area contributed by atoms with Gasteiger partial charge in [0.05, 0.1) is 16.5 Å². The molecule has 6 nitrogen and oxygen atoms in total. The van der Waals surface area contributed by atoms with Crippen molar-refractivity contribution in [2.24, 2.45) is 5.92 Å². The van der Waals surface area contributed by atoms with E-state index in [0.717, 1.165) is 57.0 Å². The SMILES string of the molecule is COC1CCN(c2ccc3c(C(=O)N[C@H]4CN5CCC4CC5)nsc3c2F)C1. The molecule has 1 aromatic heterocycles. The highest BCUT2D eigenvalue weighted by atomic mass is 32.1. The van der Waals surface area contributed by atoms with Crippen LogP contribution in [0.2, 0.25) is 0 Å². The summed E-state index contributed by atoms with van der Waals surface area (Å²) < 4.78 is 25.3. The maximum Gasteiger partial charge on any atom is 0.271 e. The van der Waals surface area contributed by atoms with Crippen LogP contribution in [0.5, 0.6) is 0 Å². The van der Waals surface area contributed by atoms with E-state index in [2.05, 4.69) is 14.6 Å². The number of carbonyl (C=O) groups is 1. The van der Waals surface area contributed by atoms with E-state index in [9.17, 15) is 4.79 Å². The van der Waals surface area contributed by atoms with Gasteiger partial charge in [-0.2, -0.15) is 4.37 Å². The molecule has 0 spiro atoms. The first-order valence-electron chi connectivity index (χ1n) is 10.0. The average Bonchev–Trinajstić information content (AvgIpc) is 3.36. The van der Waals surface area contributed by atoms with Crippen LogP contribution >= 0.6 is 11.5 Å². The van der Waals surface area contributed by atoms with E-state index in [4.69, 9.17) is 4.74 Å². The fourth-order valence-electron chi connectivity index (χ4n) is 4.87. The molecule has 0 radical (unpaired) electrons. The van der Waals surface area contributed by atoms with E-state index < -0.39 is 0 Å². The van der Waals surface area contributed by atoms with E-state index >= 15 is 4.39 Å². The molecule has 2 aromatic rings. The minimum absolute atomic E-state index is 0.138. The Morgan fingerprint density at radius 2 is 2.07 bits per heavy atom. The van der Waals surface area contributed by atoms with E-state index in [-0.39, 0.29) is 23.9 Å². The molecule has 6 rings (SSSR count). The van der Waals surface area contributed by atoms with Crippen molar-refractivity contribution in [2.75, 3.05) is 44.7 Å². The number of halogens is 1. The normalized spacial score (nSPS) is 29.6. The predicted molar refractivity (Wildman–Crippen MR) is 108 cm³/mol. The second-order valence-corrected chi connectivity index (χ2v) is 8.89. The minimum atomic E-state index is -0.284. The standard InChI is InChI=1S/C20H25FN4O2S/c1-27-13-6-9-25(10-13)16-3-2-14-18(23-28-19(14)17(16)21)20(26)22-15-11-24-7-4-12(15)5-8-24/h2-3,12-13,15H,4-11H2,1H3,(H,22,26)/t13?,15-/m0/s1. The van der Waals surface area contributed by atoms with Crippen molar-refractivity contribution in [3.05, 3.63) is 23.6 Å². The third-order valence-corrected chi connectivity index (χ3v) is 7.42. The Morgan fingerprint density at radius 1 is 1.25 bits per heavy atom. The Morgan fingerprint density at radius 3 is 2.75 bits per heavy atom. The molecule has 8 heteroatoms. The van der Waals surface area contributed by atoms with E-state index in [1.165, 1.54) is 0 Å². The first kappa shape index (κ1) is 18.3. The quantitative estimate of drug-likeness (QED) is 0.849. The lowest BCUT2D eigenvalue weighted by Crippen LogP contribution is -2.57. The van der Waals surface area contributed by atoms with Crippen LogP contribution in [-0.4, -0.2) is 67.2 Å². The molecule has 5 heterocycles. The number of nitrogens with one attached hydrogen (secondary N) is 1. The second kappa shape index (κ2) is 7.24. The molecule has 1 N–H and O–H groups in total. The maximum absolute atomic E-state index is 15.2. The summed E-state index contributed by atoms with van der Waals surface area (Å²) in [5.74, 6) is 0.0810. The zero-order valence-corrected chi connectivity index (χ0v) is 16.8. The van der Waals surface area contributed by atoms with Crippen molar-refractivity contribution < 1.29 is 13.9 Å². The highest BCUT2D eigenvalue weighted by Gasteiger charge is 2.35. The number of aromatic nitrogens is 1. The number of hydrogen-bond donors (Lipinski definition) is 1. The smallest absolute Gasteiger partial charge is 0.271 e. The van der Waals surface area contributed by atoms with Crippen molar-refractivity contribution in [1.82, 2.24) is 14.6 Å². The van der Waals surface area contributed by atoms with Crippen LogP contribution in [0.3, 0.4) is 0 Å². The molecule has 1 unspecified atom stereocenters. The van der Waals surface area contributed by atoms with Crippen LogP contribution in [0.4, 0.5) is 10.1 Å². The summed E-state index contributed by atoms with van der Waals surface area (Å²) in [6, 6.07) is 3.78. The molecule has 0 aliphatic carbocycles. The molecular formula is C20H25FN4O2S. The third kappa shape index (κ3) is 3.07. The number of hydrogen-bond acceptors (Lipinski definition) is 6. The molecule has 2 bridgehead atoms. The Hall–Kier alpha value is -1.77. The number of piperidine rings is 3. The van der Waals surface area contributed by atoms with Crippen LogP contribution in [0, 0.1) is 11.7 Å². The fraction of sp³-hybridized carbons (Fsp3) is 0.600. The molecule has 4 saturated heterocycles. The number of amides is 1. The highest BCUT2D eigenvalue weighted by molar-refractivity contribution is 7.13. The van der Waals surface area contributed by atoms with Crippen molar-refractivity contribution in [1.29, 1.82) is 0 Å². The summed E-state index contributed by atoms with van der Waals surface area (Å²) >= 11 is 1.07. The van der Waals surface area contributed by atoms with E-state index in [0.29, 0.717) is 33.9 Å². The number of benzene rings is 1. The lowest BCUT2D eigenvalue weighted by atomic mass is 9.84. The van der Waals surface area contributed by atoms with E-state index in [1.807, 2.05) is 11.0 Å². The number of fused-ring (bicyclic) bond motifs is 4. The van der Waals surface area contributed by atoms with Crippen LogP contribution in [0.15, 0.2) is 12.1 Å². The first-order chi connectivity index (χ1) is 13.6. The Bertz CT molecular complexity index is 896. The van der Waals surface area contributed by atoms with Gasteiger partial charge < -0.3 is 19.9 Å². The number of ether oxygens (including phenoxy) is 1. The van der Waals surface area contributed by atoms with Gasteiger partial charge in [0.25, 0.3) is 5.91 Å². The van der Waals surface area contributed by atoms with Crippen molar-refractivity contribution in [3.8, 4) is 0 Å². The van der Waals surface area contributed by atoms with Gasteiger partial charge in [-0.25, -0.2) is 4.39 Å². The molecule has 2 atom stereocenters. The number of nitrogens with zero attached hydrogens (tertiary/aromatic N) is 3. The van der Waals surface area contributed by atoms with Gasteiger partial charge in [0, 0.05) is 38.2 Å². The molecule has 1 aromatic carbocycles. The van der Waals surface area contributed by atoms with Gasteiger partial charge in [-0.3, -0.25) is 4.79 Å².